The van der Waals surface area contributed by atoms with E-state index >= 15 is 0 Å². The van der Waals surface area contributed by atoms with Crippen molar-refractivity contribution in [3.63, 3.8) is 0 Å². The van der Waals surface area contributed by atoms with Crippen LogP contribution < -0.4 is 5.19 Å². The van der Waals surface area contributed by atoms with Crippen molar-refractivity contribution in [1.82, 2.24) is 0 Å². The normalized spacial score (nSPS) is 11.8. The maximum atomic E-state index is 6.30. The summed E-state index contributed by atoms with van der Waals surface area (Å²) >= 11 is 3.56. The molecule has 1 rings (SSSR count). The molecule has 0 heterocycles. The van der Waals surface area contributed by atoms with Gasteiger partial charge < -0.3 is 8.85 Å². The Hall–Kier alpha value is -0.163. The zero-order valence-corrected chi connectivity index (χ0v) is 15.5. The molecule has 2 nitrogen and oxygen atoms in total. The molecule has 0 aliphatic heterocycles. The third-order valence-corrected chi connectivity index (χ3v) is 7.35. The van der Waals surface area contributed by atoms with E-state index in [2.05, 4.69) is 61.0 Å². The Bertz CT molecular complexity index is 374. The molecule has 0 aliphatic carbocycles. The number of rotatable bonds is 10. The Labute approximate surface area is 133 Å². The maximum Gasteiger partial charge on any atom is 0.372 e. The molecule has 0 saturated heterocycles. The van der Waals surface area contributed by atoms with Crippen molar-refractivity contribution in [2.45, 2.75) is 52.5 Å². The molecule has 0 spiro atoms. The van der Waals surface area contributed by atoms with Gasteiger partial charge in [0.1, 0.15) is 0 Å². The molecule has 0 aromatic heterocycles. The molecule has 0 radical (unpaired) electrons. The molecule has 0 fully saturated rings. The van der Waals surface area contributed by atoms with Gasteiger partial charge in [0.25, 0.3) is 0 Å². The molecule has 0 amide bonds. The molecule has 0 saturated carbocycles. The van der Waals surface area contributed by atoms with Crippen molar-refractivity contribution in [3.05, 3.63) is 28.7 Å². The highest BCUT2D eigenvalue weighted by molar-refractivity contribution is 9.10. The van der Waals surface area contributed by atoms with Crippen LogP contribution in [0.2, 0.25) is 6.04 Å². The maximum absolute atomic E-state index is 6.30. The molecule has 0 aliphatic rings. The minimum atomic E-state index is -2.28. The Morgan fingerprint density at radius 1 is 1.00 bits per heavy atom. The highest BCUT2D eigenvalue weighted by atomic mass is 79.9. The SMILES string of the molecule is CCCCO[Si](CC)(OCCCC)c1cccc(Br)c1. The van der Waals surface area contributed by atoms with Gasteiger partial charge in [0.15, 0.2) is 0 Å². The van der Waals surface area contributed by atoms with Crippen molar-refractivity contribution in [1.29, 1.82) is 0 Å². The summed E-state index contributed by atoms with van der Waals surface area (Å²) in [6.45, 7) is 8.17. The molecule has 1 aromatic rings. The van der Waals surface area contributed by atoms with E-state index in [0.29, 0.717) is 0 Å². The second-order valence-electron chi connectivity index (χ2n) is 5.02. The van der Waals surface area contributed by atoms with Crippen molar-refractivity contribution in [2.24, 2.45) is 0 Å². The highest BCUT2D eigenvalue weighted by Crippen LogP contribution is 2.18. The second kappa shape index (κ2) is 9.72. The summed E-state index contributed by atoms with van der Waals surface area (Å²) in [5.74, 6) is 0. The van der Waals surface area contributed by atoms with Gasteiger partial charge in [-0.25, -0.2) is 0 Å². The Balaban J connectivity index is 2.90. The lowest BCUT2D eigenvalue weighted by molar-refractivity contribution is 0.176. The molecule has 114 valence electrons. The number of unbranched alkanes of at least 4 members (excludes halogenated alkanes) is 2. The van der Waals surface area contributed by atoms with Crippen LogP contribution in [0.15, 0.2) is 28.7 Å². The van der Waals surface area contributed by atoms with Crippen LogP contribution in [0.25, 0.3) is 0 Å². The van der Waals surface area contributed by atoms with Gasteiger partial charge in [-0.1, -0.05) is 61.7 Å². The number of hydrogen-bond donors (Lipinski definition) is 0. The first-order valence-corrected chi connectivity index (χ1v) is 10.5. The first-order chi connectivity index (χ1) is 9.68. The molecule has 4 heteroatoms. The van der Waals surface area contributed by atoms with E-state index in [-0.39, 0.29) is 0 Å². The van der Waals surface area contributed by atoms with Gasteiger partial charge in [-0.05, 0) is 36.2 Å². The summed E-state index contributed by atoms with van der Waals surface area (Å²) in [7, 11) is -2.28. The largest absolute Gasteiger partial charge is 0.391 e. The Morgan fingerprint density at radius 3 is 2.05 bits per heavy atom. The van der Waals surface area contributed by atoms with E-state index in [1.807, 2.05) is 0 Å². The van der Waals surface area contributed by atoms with Gasteiger partial charge in [-0.2, -0.15) is 0 Å². The van der Waals surface area contributed by atoms with Crippen LogP contribution in [0.1, 0.15) is 46.5 Å². The van der Waals surface area contributed by atoms with Crippen LogP contribution in [-0.2, 0) is 8.85 Å². The standard InChI is InChI=1S/C16H27BrO2Si/c1-4-7-12-18-20(6-3,19-13-8-5-2)16-11-9-10-15(17)14-16/h9-11,14H,4-8,12-13H2,1-3H3. The van der Waals surface area contributed by atoms with E-state index in [4.69, 9.17) is 8.85 Å². The van der Waals surface area contributed by atoms with E-state index in [0.717, 1.165) is 49.4 Å². The summed E-state index contributed by atoms with van der Waals surface area (Å²) in [5, 5.41) is 1.24. The number of halogens is 1. The first-order valence-electron chi connectivity index (χ1n) is 7.72. The van der Waals surface area contributed by atoms with Crippen LogP contribution in [0.3, 0.4) is 0 Å². The van der Waals surface area contributed by atoms with Crippen LogP contribution in [-0.4, -0.2) is 21.8 Å². The monoisotopic (exact) mass is 358 g/mol. The fraction of sp³-hybridized carbons (Fsp3) is 0.625. The van der Waals surface area contributed by atoms with Crippen molar-refractivity contribution < 1.29 is 8.85 Å². The van der Waals surface area contributed by atoms with Crippen LogP contribution >= 0.6 is 15.9 Å². The lowest BCUT2D eigenvalue weighted by Crippen LogP contribution is -2.53. The van der Waals surface area contributed by atoms with Crippen LogP contribution in [0, 0.1) is 0 Å². The van der Waals surface area contributed by atoms with E-state index < -0.39 is 8.56 Å². The minimum Gasteiger partial charge on any atom is -0.391 e. The average Bonchev–Trinajstić information content (AvgIpc) is 2.46. The van der Waals surface area contributed by atoms with Gasteiger partial charge in [-0.3, -0.25) is 0 Å². The van der Waals surface area contributed by atoms with Crippen LogP contribution in [0.5, 0.6) is 0 Å². The predicted octanol–water partition coefficient (Wildman–Crippen LogP) is 4.75. The lowest BCUT2D eigenvalue weighted by Gasteiger charge is -2.30. The number of hydrogen-bond acceptors (Lipinski definition) is 2. The summed E-state index contributed by atoms with van der Waals surface area (Å²) in [6.07, 6.45) is 4.50. The molecule has 20 heavy (non-hydrogen) atoms. The minimum absolute atomic E-state index is 0.801. The molecule has 1 aromatic carbocycles. The summed E-state index contributed by atoms with van der Waals surface area (Å²) in [5.41, 5.74) is 0. The van der Waals surface area contributed by atoms with Gasteiger partial charge in [0.05, 0.1) is 0 Å². The molecule has 0 atom stereocenters. The quantitative estimate of drug-likeness (QED) is 0.443. The van der Waals surface area contributed by atoms with E-state index in [1.54, 1.807) is 0 Å². The van der Waals surface area contributed by atoms with Crippen molar-refractivity contribution >= 4 is 29.7 Å². The fourth-order valence-corrected chi connectivity index (χ4v) is 5.62. The molecular weight excluding hydrogens is 332 g/mol. The highest BCUT2D eigenvalue weighted by Gasteiger charge is 2.38. The molecule has 0 bridgehead atoms. The van der Waals surface area contributed by atoms with E-state index in [9.17, 15) is 0 Å². The summed E-state index contributed by atoms with van der Waals surface area (Å²) in [6, 6.07) is 9.39. The second-order valence-corrected chi connectivity index (χ2v) is 9.30. The molecular formula is C16H27BrO2Si. The van der Waals surface area contributed by atoms with E-state index in [1.165, 1.54) is 5.19 Å². The molecule has 0 unspecified atom stereocenters. The fourth-order valence-electron chi connectivity index (χ4n) is 2.10. The summed E-state index contributed by atoms with van der Waals surface area (Å²) < 4.78 is 13.7. The Morgan fingerprint density at radius 2 is 1.60 bits per heavy atom. The number of benzene rings is 1. The van der Waals surface area contributed by atoms with Crippen molar-refractivity contribution in [2.75, 3.05) is 13.2 Å². The predicted molar refractivity (Wildman–Crippen MR) is 91.7 cm³/mol. The Kier molecular flexibility index (Phi) is 8.69. The zero-order chi connectivity index (χ0) is 14.8. The third-order valence-electron chi connectivity index (χ3n) is 3.40. The average molecular weight is 359 g/mol. The first kappa shape index (κ1) is 17.9. The summed E-state index contributed by atoms with van der Waals surface area (Å²) in [4.78, 5) is 0. The molecule has 0 N–H and O–H groups in total. The van der Waals surface area contributed by atoms with Gasteiger partial charge in [0, 0.05) is 17.7 Å². The lowest BCUT2D eigenvalue weighted by atomic mass is 10.4. The third kappa shape index (κ3) is 5.32. The van der Waals surface area contributed by atoms with Crippen LogP contribution in [0.4, 0.5) is 0 Å². The van der Waals surface area contributed by atoms with Gasteiger partial charge in [-0.15, -0.1) is 0 Å². The topological polar surface area (TPSA) is 18.5 Å². The van der Waals surface area contributed by atoms with Gasteiger partial charge >= 0.3 is 8.56 Å². The van der Waals surface area contributed by atoms with Gasteiger partial charge in [0.2, 0.25) is 0 Å². The zero-order valence-electron chi connectivity index (χ0n) is 13.0. The van der Waals surface area contributed by atoms with Crippen molar-refractivity contribution in [3.8, 4) is 0 Å². The smallest absolute Gasteiger partial charge is 0.372 e.